The number of allylic oxidation sites excluding steroid dienone is 2. The molecule has 76 valence electrons. The van der Waals surface area contributed by atoms with Crippen LogP contribution in [0.3, 0.4) is 0 Å². The number of rotatable bonds is 9. The third kappa shape index (κ3) is 11.4. The summed E-state index contributed by atoms with van der Waals surface area (Å²) in [6, 6.07) is 0. The molecule has 0 spiro atoms. The Morgan fingerprint density at radius 1 is 0.923 bits per heavy atom. The molecule has 0 radical (unpaired) electrons. The molecule has 0 rings (SSSR count). The van der Waals surface area contributed by atoms with Gasteiger partial charge in [-0.3, -0.25) is 0 Å². The van der Waals surface area contributed by atoms with E-state index in [4.69, 9.17) is 0 Å². The van der Waals surface area contributed by atoms with E-state index < -0.39 is 0 Å². The third-order valence-electron chi connectivity index (χ3n) is 2.12. The second-order valence-corrected chi connectivity index (χ2v) is 3.43. The van der Waals surface area contributed by atoms with E-state index in [1.165, 1.54) is 38.5 Å². The first-order valence-corrected chi connectivity index (χ1v) is 5.50. The van der Waals surface area contributed by atoms with Crippen molar-refractivity contribution in [1.82, 2.24) is 0 Å². The summed E-state index contributed by atoms with van der Waals surface area (Å²) in [5, 5.41) is 0. The van der Waals surface area contributed by atoms with Gasteiger partial charge in [-0.05, 0) is 12.8 Å². The van der Waals surface area contributed by atoms with Crippen LogP contribution in [0, 0.1) is 0 Å². The minimum atomic E-state index is 0.579. The molecule has 0 aromatic carbocycles. The highest BCUT2D eigenvalue weighted by Crippen LogP contribution is 2.07. The van der Waals surface area contributed by atoms with E-state index in [-0.39, 0.29) is 0 Å². The van der Waals surface area contributed by atoms with Gasteiger partial charge in [0.15, 0.2) is 0 Å². The normalized spacial score (nSPS) is 10.8. The van der Waals surface area contributed by atoms with Crippen LogP contribution in [0.4, 0.5) is 0 Å². The molecule has 0 bridgehead atoms. The summed E-state index contributed by atoms with van der Waals surface area (Å²) in [6.07, 6.45) is 14.8. The van der Waals surface area contributed by atoms with Crippen molar-refractivity contribution in [3.8, 4) is 0 Å². The molecular formula is C12H22O. The molecule has 0 amide bonds. The number of carbonyl (C=O) groups is 1. The van der Waals surface area contributed by atoms with Gasteiger partial charge >= 0.3 is 0 Å². The molecule has 0 aromatic rings. The van der Waals surface area contributed by atoms with Gasteiger partial charge in [-0.1, -0.05) is 51.2 Å². The van der Waals surface area contributed by atoms with Gasteiger partial charge in [0.05, 0.1) is 0 Å². The Bertz CT molecular complexity index is 127. The molecule has 0 heterocycles. The van der Waals surface area contributed by atoms with Crippen molar-refractivity contribution in [3.05, 3.63) is 12.2 Å². The maximum atomic E-state index is 9.96. The lowest BCUT2D eigenvalue weighted by Gasteiger charge is -1.97. The van der Waals surface area contributed by atoms with Crippen molar-refractivity contribution in [2.24, 2.45) is 0 Å². The van der Waals surface area contributed by atoms with Gasteiger partial charge < -0.3 is 4.79 Å². The van der Waals surface area contributed by atoms with Gasteiger partial charge in [0.2, 0.25) is 0 Å². The Kier molecular flexibility index (Phi) is 10.9. The van der Waals surface area contributed by atoms with Crippen LogP contribution in [0.2, 0.25) is 0 Å². The average molecular weight is 182 g/mol. The third-order valence-corrected chi connectivity index (χ3v) is 2.12. The molecule has 0 aromatic heterocycles. The Morgan fingerprint density at radius 2 is 1.62 bits per heavy atom. The van der Waals surface area contributed by atoms with Gasteiger partial charge in [0.1, 0.15) is 6.29 Å². The van der Waals surface area contributed by atoms with Crippen molar-refractivity contribution in [2.45, 2.75) is 58.3 Å². The summed E-state index contributed by atoms with van der Waals surface area (Å²) in [6.45, 7) is 2.24. The summed E-state index contributed by atoms with van der Waals surface area (Å²) >= 11 is 0. The molecule has 13 heavy (non-hydrogen) atoms. The fraction of sp³-hybridized carbons (Fsp3) is 0.750. The van der Waals surface area contributed by atoms with Crippen molar-refractivity contribution < 1.29 is 4.79 Å². The molecule has 0 aliphatic heterocycles. The lowest BCUT2D eigenvalue weighted by atomic mass is 10.1. The number of hydrogen-bond acceptors (Lipinski definition) is 1. The summed E-state index contributed by atoms with van der Waals surface area (Å²) < 4.78 is 0. The molecule has 0 aliphatic rings. The second kappa shape index (κ2) is 11.4. The SMILES string of the molecule is CCCCCCCCC=CCC=O. The average Bonchev–Trinajstić information content (AvgIpc) is 2.16. The van der Waals surface area contributed by atoms with Crippen molar-refractivity contribution in [3.63, 3.8) is 0 Å². The zero-order chi connectivity index (χ0) is 9.78. The first kappa shape index (κ1) is 12.4. The van der Waals surface area contributed by atoms with E-state index >= 15 is 0 Å². The van der Waals surface area contributed by atoms with Crippen molar-refractivity contribution >= 4 is 6.29 Å². The van der Waals surface area contributed by atoms with Crippen LogP contribution in [0.1, 0.15) is 58.3 Å². The maximum absolute atomic E-state index is 9.96. The molecule has 1 heteroatoms. The highest BCUT2D eigenvalue weighted by molar-refractivity contribution is 5.51. The Labute approximate surface area is 82.2 Å². The van der Waals surface area contributed by atoms with Gasteiger partial charge in [-0.15, -0.1) is 0 Å². The summed E-state index contributed by atoms with van der Waals surface area (Å²) in [5.74, 6) is 0. The van der Waals surface area contributed by atoms with Crippen molar-refractivity contribution in [2.75, 3.05) is 0 Å². The van der Waals surface area contributed by atoms with Gasteiger partial charge in [-0.25, -0.2) is 0 Å². The van der Waals surface area contributed by atoms with Crippen LogP contribution < -0.4 is 0 Å². The fourth-order valence-corrected chi connectivity index (χ4v) is 1.31. The highest BCUT2D eigenvalue weighted by atomic mass is 16.1. The van der Waals surface area contributed by atoms with E-state index in [1.807, 2.05) is 6.08 Å². The summed E-state index contributed by atoms with van der Waals surface area (Å²) in [5.41, 5.74) is 0. The van der Waals surface area contributed by atoms with Crippen LogP contribution in [-0.2, 0) is 4.79 Å². The van der Waals surface area contributed by atoms with Crippen LogP contribution in [0.25, 0.3) is 0 Å². The molecule has 0 N–H and O–H groups in total. The monoisotopic (exact) mass is 182 g/mol. The predicted molar refractivity (Wildman–Crippen MR) is 57.8 cm³/mol. The Balaban J connectivity index is 2.94. The standard InChI is InChI=1S/C12H22O/c1-2-3-4-5-6-7-8-9-10-11-12-13/h9-10,12H,2-8,11H2,1H3. The molecule has 1 nitrogen and oxygen atoms in total. The topological polar surface area (TPSA) is 17.1 Å². The molecule has 0 aliphatic carbocycles. The molecule has 0 unspecified atom stereocenters. The van der Waals surface area contributed by atoms with Crippen LogP contribution in [-0.4, -0.2) is 6.29 Å². The Hall–Kier alpha value is -0.590. The smallest absolute Gasteiger partial charge is 0.123 e. The van der Waals surface area contributed by atoms with E-state index in [9.17, 15) is 4.79 Å². The molecule has 0 atom stereocenters. The zero-order valence-electron chi connectivity index (χ0n) is 8.80. The van der Waals surface area contributed by atoms with E-state index in [0.717, 1.165) is 12.7 Å². The molecule has 0 saturated carbocycles. The minimum absolute atomic E-state index is 0.579. The summed E-state index contributed by atoms with van der Waals surface area (Å²) in [4.78, 5) is 9.96. The van der Waals surface area contributed by atoms with Gasteiger partial charge in [0, 0.05) is 6.42 Å². The minimum Gasteiger partial charge on any atom is -0.303 e. The van der Waals surface area contributed by atoms with Crippen LogP contribution >= 0.6 is 0 Å². The number of hydrogen-bond donors (Lipinski definition) is 0. The second-order valence-electron chi connectivity index (χ2n) is 3.43. The highest BCUT2D eigenvalue weighted by Gasteiger charge is 1.87. The largest absolute Gasteiger partial charge is 0.303 e. The number of unbranched alkanes of at least 4 members (excludes halogenated alkanes) is 6. The molecule has 0 fully saturated rings. The fourth-order valence-electron chi connectivity index (χ4n) is 1.31. The number of carbonyl (C=O) groups excluding carboxylic acids is 1. The van der Waals surface area contributed by atoms with Gasteiger partial charge in [0.25, 0.3) is 0 Å². The summed E-state index contributed by atoms with van der Waals surface area (Å²) in [7, 11) is 0. The van der Waals surface area contributed by atoms with E-state index in [2.05, 4.69) is 13.0 Å². The quantitative estimate of drug-likeness (QED) is 0.300. The lowest BCUT2D eigenvalue weighted by molar-refractivity contribution is -0.107. The first-order valence-electron chi connectivity index (χ1n) is 5.50. The van der Waals surface area contributed by atoms with Crippen LogP contribution in [0.15, 0.2) is 12.2 Å². The van der Waals surface area contributed by atoms with Crippen LogP contribution in [0.5, 0.6) is 0 Å². The molecule has 0 saturated heterocycles. The van der Waals surface area contributed by atoms with Gasteiger partial charge in [-0.2, -0.15) is 0 Å². The van der Waals surface area contributed by atoms with E-state index in [0.29, 0.717) is 6.42 Å². The predicted octanol–water partition coefficient (Wildman–Crippen LogP) is 3.88. The molecular weight excluding hydrogens is 160 g/mol. The maximum Gasteiger partial charge on any atom is 0.123 e. The van der Waals surface area contributed by atoms with Crippen molar-refractivity contribution in [1.29, 1.82) is 0 Å². The lowest BCUT2D eigenvalue weighted by Crippen LogP contribution is -1.77. The zero-order valence-corrected chi connectivity index (χ0v) is 8.80. The van der Waals surface area contributed by atoms with E-state index in [1.54, 1.807) is 0 Å². The first-order chi connectivity index (χ1) is 6.41. The Morgan fingerprint density at radius 3 is 2.31 bits per heavy atom. The number of aldehydes is 1.